The predicted octanol–water partition coefficient (Wildman–Crippen LogP) is 5.84. The fourth-order valence-electron chi connectivity index (χ4n) is 2.65. The second-order valence-electron chi connectivity index (χ2n) is 5.73. The lowest BCUT2D eigenvalue weighted by molar-refractivity contribution is 0.0730. The summed E-state index contributed by atoms with van der Waals surface area (Å²) >= 11 is 12.3. The molecule has 0 aromatic heterocycles. The van der Waals surface area contributed by atoms with Gasteiger partial charge in [-0.3, -0.25) is 4.79 Å². The molecule has 0 atom stereocenters. The maximum atomic E-state index is 13.1. The zero-order valence-corrected chi connectivity index (χ0v) is 15.0. The van der Waals surface area contributed by atoms with Crippen LogP contribution >= 0.6 is 23.2 Å². The lowest BCUT2D eigenvalue weighted by atomic mass is 10.1. The lowest BCUT2D eigenvalue weighted by Gasteiger charge is -2.24. The maximum absolute atomic E-state index is 13.1. The summed E-state index contributed by atoms with van der Waals surface area (Å²) < 4.78 is 0. The molecular formula is C21H17Cl2NO. The van der Waals surface area contributed by atoms with Crippen LogP contribution < -0.4 is 0 Å². The monoisotopic (exact) mass is 369 g/mol. The summed E-state index contributed by atoms with van der Waals surface area (Å²) in [5.74, 6) is -0.139. The van der Waals surface area contributed by atoms with Crippen LogP contribution in [0.3, 0.4) is 0 Å². The number of hydrogen-bond donors (Lipinski definition) is 0. The zero-order chi connectivity index (χ0) is 17.6. The van der Waals surface area contributed by atoms with Crippen LogP contribution in [-0.4, -0.2) is 10.8 Å². The van der Waals surface area contributed by atoms with Gasteiger partial charge in [0.2, 0.25) is 0 Å². The number of carbonyl (C=O) groups is 1. The van der Waals surface area contributed by atoms with Gasteiger partial charge in [0.1, 0.15) is 0 Å². The third-order valence-corrected chi connectivity index (χ3v) is 4.72. The Morgan fingerprint density at radius 2 is 1.24 bits per heavy atom. The van der Waals surface area contributed by atoms with E-state index in [1.165, 1.54) is 0 Å². The van der Waals surface area contributed by atoms with E-state index in [4.69, 9.17) is 23.2 Å². The Balaban J connectivity index is 1.92. The van der Waals surface area contributed by atoms with Gasteiger partial charge in [0.25, 0.3) is 5.91 Å². The molecule has 3 aromatic rings. The fraction of sp³-hybridized carbons (Fsp3) is 0.0952. The van der Waals surface area contributed by atoms with E-state index in [0.29, 0.717) is 28.7 Å². The standard InChI is InChI=1S/C21H17Cl2NO/c22-19-13-7-12-18(20(19)23)21(25)24(14-16-8-3-1-4-9-16)15-17-10-5-2-6-11-17/h1-13H,14-15H2. The molecule has 0 spiro atoms. The average molecular weight is 370 g/mol. The van der Waals surface area contributed by atoms with Gasteiger partial charge >= 0.3 is 0 Å². The van der Waals surface area contributed by atoms with E-state index < -0.39 is 0 Å². The van der Waals surface area contributed by atoms with E-state index in [1.807, 2.05) is 60.7 Å². The highest BCUT2D eigenvalue weighted by Crippen LogP contribution is 2.27. The second kappa shape index (κ2) is 8.19. The Hall–Kier alpha value is -2.29. The molecule has 2 nitrogen and oxygen atoms in total. The maximum Gasteiger partial charge on any atom is 0.256 e. The molecule has 0 heterocycles. The second-order valence-corrected chi connectivity index (χ2v) is 6.52. The van der Waals surface area contributed by atoms with Gasteiger partial charge < -0.3 is 4.90 Å². The van der Waals surface area contributed by atoms with Gasteiger partial charge in [-0.25, -0.2) is 0 Å². The SMILES string of the molecule is O=C(c1cccc(Cl)c1Cl)N(Cc1ccccc1)Cc1ccccc1. The van der Waals surface area contributed by atoms with Gasteiger partial charge in [0.15, 0.2) is 0 Å². The fourth-order valence-corrected chi connectivity index (χ4v) is 3.03. The van der Waals surface area contributed by atoms with E-state index in [9.17, 15) is 4.79 Å². The molecular weight excluding hydrogens is 353 g/mol. The minimum atomic E-state index is -0.139. The number of rotatable bonds is 5. The van der Waals surface area contributed by atoms with Gasteiger partial charge in [0.05, 0.1) is 15.6 Å². The molecule has 3 rings (SSSR count). The van der Waals surface area contributed by atoms with Crippen molar-refractivity contribution >= 4 is 29.1 Å². The summed E-state index contributed by atoms with van der Waals surface area (Å²) in [4.78, 5) is 14.9. The van der Waals surface area contributed by atoms with Crippen molar-refractivity contribution in [1.29, 1.82) is 0 Å². The van der Waals surface area contributed by atoms with E-state index in [1.54, 1.807) is 23.1 Å². The van der Waals surface area contributed by atoms with E-state index in [2.05, 4.69) is 0 Å². The summed E-state index contributed by atoms with van der Waals surface area (Å²) in [7, 11) is 0. The average Bonchev–Trinajstić information content (AvgIpc) is 2.65. The molecule has 0 unspecified atom stereocenters. The van der Waals surface area contributed by atoms with Crippen molar-refractivity contribution in [3.63, 3.8) is 0 Å². The Morgan fingerprint density at radius 1 is 0.720 bits per heavy atom. The molecule has 0 N–H and O–H groups in total. The molecule has 1 amide bonds. The molecule has 126 valence electrons. The summed E-state index contributed by atoms with van der Waals surface area (Å²) in [5, 5.41) is 0.673. The van der Waals surface area contributed by atoms with Crippen molar-refractivity contribution in [3.05, 3.63) is 106 Å². The Kier molecular flexibility index (Phi) is 5.75. The highest BCUT2D eigenvalue weighted by atomic mass is 35.5. The molecule has 0 aliphatic heterocycles. The van der Waals surface area contributed by atoms with Crippen molar-refractivity contribution in [2.75, 3.05) is 0 Å². The first kappa shape index (κ1) is 17.5. The molecule has 0 fully saturated rings. The highest BCUT2D eigenvalue weighted by molar-refractivity contribution is 6.43. The quantitative estimate of drug-likeness (QED) is 0.553. The van der Waals surface area contributed by atoms with E-state index in [0.717, 1.165) is 11.1 Å². The van der Waals surface area contributed by atoms with Gasteiger partial charge in [-0.1, -0.05) is 89.9 Å². The molecule has 0 saturated heterocycles. The highest BCUT2D eigenvalue weighted by Gasteiger charge is 2.20. The first-order chi connectivity index (χ1) is 12.1. The predicted molar refractivity (Wildman–Crippen MR) is 103 cm³/mol. The van der Waals surface area contributed by atoms with Crippen LogP contribution in [-0.2, 0) is 13.1 Å². The summed E-state index contributed by atoms with van der Waals surface area (Å²) in [6.07, 6.45) is 0. The number of amides is 1. The van der Waals surface area contributed by atoms with Crippen molar-refractivity contribution in [2.45, 2.75) is 13.1 Å². The first-order valence-electron chi connectivity index (χ1n) is 7.96. The topological polar surface area (TPSA) is 20.3 Å². The summed E-state index contributed by atoms with van der Waals surface area (Å²) in [6, 6.07) is 24.9. The normalized spacial score (nSPS) is 10.5. The van der Waals surface area contributed by atoms with Crippen LogP contribution in [0.15, 0.2) is 78.9 Å². The van der Waals surface area contributed by atoms with Crippen molar-refractivity contribution < 1.29 is 4.79 Å². The van der Waals surface area contributed by atoms with Gasteiger partial charge in [-0.2, -0.15) is 0 Å². The van der Waals surface area contributed by atoms with Crippen molar-refractivity contribution in [2.24, 2.45) is 0 Å². The van der Waals surface area contributed by atoms with Gasteiger partial charge in [-0.05, 0) is 23.3 Å². The first-order valence-corrected chi connectivity index (χ1v) is 8.72. The third kappa shape index (κ3) is 4.41. The number of nitrogens with zero attached hydrogens (tertiary/aromatic N) is 1. The van der Waals surface area contributed by atoms with Crippen LogP contribution in [0, 0.1) is 0 Å². The molecule has 25 heavy (non-hydrogen) atoms. The molecule has 0 bridgehead atoms. The summed E-state index contributed by atoms with van der Waals surface area (Å²) in [6.45, 7) is 0.995. The van der Waals surface area contributed by atoms with Crippen LogP contribution in [0.1, 0.15) is 21.5 Å². The molecule has 0 saturated carbocycles. The lowest BCUT2D eigenvalue weighted by Crippen LogP contribution is -2.30. The van der Waals surface area contributed by atoms with Crippen molar-refractivity contribution in [1.82, 2.24) is 4.90 Å². The number of halogens is 2. The van der Waals surface area contributed by atoms with Crippen LogP contribution in [0.25, 0.3) is 0 Å². The van der Waals surface area contributed by atoms with Gasteiger partial charge in [0, 0.05) is 13.1 Å². The van der Waals surface area contributed by atoms with E-state index in [-0.39, 0.29) is 5.91 Å². The van der Waals surface area contributed by atoms with Crippen LogP contribution in [0.4, 0.5) is 0 Å². The number of hydrogen-bond acceptors (Lipinski definition) is 1. The minimum Gasteiger partial charge on any atom is -0.330 e. The van der Waals surface area contributed by atoms with Crippen LogP contribution in [0.5, 0.6) is 0 Å². The largest absolute Gasteiger partial charge is 0.330 e. The molecule has 0 radical (unpaired) electrons. The van der Waals surface area contributed by atoms with Crippen LogP contribution in [0.2, 0.25) is 10.0 Å². The van der Waals surface area contributed by atoms with E-state index >= 15 is 0 Å². The molecule has 0 aliphatic carbocycles. The molecule has 4 heteroatoms. The molecule has 3 aromatic carbocycles. The summed E-state index contributed by atoms with van der Waals surface area (Å²) in [5.41, 5.74) is 2.54. The van der Waals surface area contributed by atoms with Crippen molar-refractivity contribution in [3.8, 4) is 0 Å². The Morgan fingerprint density at radius 3 is 1.76 bits per heavy atom. The number of carbonyl (C=O) groups excluding carboxylic acids is 1. The number of benzene rings is 3. The van der Waals surface area contributed by atoms with Gasteiger partial charge in [-0.15, -0.1) is 0 Å². The Bertz CT molecular complexity index is 809. The Labute approximate surface area is 157 Å². The zero-order valence-electron chi connectivity index (χ0n) is 13.5. The molecule has 0 aliphatic rings. The third-order valence-electron chi connectivity index (χ3n) is 3.90. The smallest absolute Gasteiger partial charge is 0.256 e. The minimum absolute atomic E-state index is 0.139.